The second-order valence-electron chi connectivity index (χ2n) is 3.82. The number of rotatable bonds is 5. The van der Waals surface area contributed by atoms with Crippen molar-refractivity contribution in [3.63, 3.8) is 0 Å². The molecular formula is C11H17ClN2O2S. The number of hydrogen-bond donors (Lipinski definition) is 2. The van der Waals surface area contributed by atoms with E-state index in [-0.39, 0.29) is 16.0 Å². The highest BCUT2D eigenvalue weighted by atomic mass is 35.5. The standard InChI is InChI=1S/C11H17ClN2O2S/c1-3-8(4-2)14-17(15,16)9-5-6-11(13)10(12)7-9/h5-8,14H,3-4,13H2,1-2H3. The molecule has 3 N–H and O–H groups in total. The molecule has 0 fully saturated rings. The maximum atomic E-state index is 12.0. The maximum Gasteiger partial charge on any atom is 0.240 e. The van der Waals surface area contributed by atoms with Crippen molar-refractivity contribution in [3.05, 3.63) is 23.2 Å². The van der Waals surface area contributed by atoms with Crippen molar-refractivity contribution < 1.29 is 8.42 Å². The van der Waals surface area contributed by atoms with Gasteiger partial charge in [-0.25, -0.2) is 13.1 Å². The Morgan fingerprint density at radius 2 is 1.94 bits per heavy atom. The van der Waals surface area contributed by atoms with Gasteiger partial charge < -0.3 is 5.73 Å². The maximum absolute atomic E-state index is 12.0. The van der Waals surface area contributed by atoms with E-state index in [1.165, 1.54) is 18.2 Å². The third-order valence-corrected chi connectivity index (χ3v) is 4.44. The van der Waals surface area contributed by atoms with Crippen LogP contribution in [0.4, 0.5) is 5.69 Å². The molecule has 0 bridgehead atoms. The minimum absolute atomic E-state index is 0.0590. The van der Waals surface area contributed by atoms with Crippen LogP contribution in [0.15, 0.2) is 23.1 Å². The lowest BCUT2D eigenvalue weighted by molar-refractivity contribution is 0.530. The molecule has 0 saturated heterocycles. The van der Waals surface area contributed by atoms with Gasteiger partial charge in [0.25, 0.3) is 0 Å². The summed E-state index contributed by atoms with van der Waals surface area (Å²) in [5.41, 5.74) is 5.91. The van der Waals surface area contributed by atoms with Crippen LogP contribution < -0.4 is 10.5 Å². The van der Waals surface area contributed by atoms with Gasteiger partial charge in [-0.1, -0.05) is 25.4 Å². The Hall–Kier alpha value is -0.780. The summed E-state index contributed by atoms with van der Waals surface area (Å²) in [5, 5.41) is 0.248. The third-order valence-electron chi connectivity index (χ3n) is 2.59. The lowest BCUT2D eigenvalue weighted by Gasteiger charge is -2.15. The van der Waals surface area contributed by atoms with E-state index in [1.54, 1.807) is 0 Å². The molecule has 0 spiro atoms. The van der Waals surface area contributed by atoms with Crippen molar-refractivity contribution >= 4 is 27.3 Å². The Bertz CT molecular complexity index is 484. The second kappa shape index (κ2) is 5.71. The predicted molar refractivity (Wildman–Crippen MR) is 70.6 cm³/mol. The van der Waals surface area contributed by atoms with Gasteiger partial charge >= 0.3 is 0 Å². The van der Waals surface area contributed by atoms with Crippen molar-refractivity contribution in [1.29, 1.82) is 0 Å². The van der Waals surface area contributed by atoms with E-state index in [0.29, 0.717) is 5.69 Å². The van der Waals surface area contributed by atoms with Crippen LogP contribution in [-0.4, -0.2) is 14.5 Å². The fourth-order valence-electron chi connectivity index (χ4n) is 1.42. The van der Waals surface area contributed by atoms with E-state index < -0.39 is 10.0 Å². The second-order valence-corrected chi connectivity index (χ2v) is 5.94. The zero-order chi connectivity index (χ0) is 13.1. The molecule has 0 aromatic heterocycles. The van der Waals surface area contributed by atoms with Gasteiger partial charge in [-0.3, -0.25) is 0 Å². The van der Waals surface area contributed by atoms with E-state index in [1.807, 2.05) is 13.8 Å². The number of hydrogen-bond acceptors (Lipinski definition) is 3. The number of benzene rings is 1. The van der Waals surface area contributed by atoms with Crippen LogP contribution in [-0.2, 0) is 10.0 Å². The van der Waals surface area contributed by atoms with Crippen LogP contribution in [0.1, 0.15) is 26.7 Å². The molecule has 0 unspecified atom stereocenters. The molecule has 4 nitrogen and oxygen atoms in total. The Labute approximate surface area is 107 Å². The summed E-state index contributed by atoms with van der Waals surface area (Å²) in [6, 6.07) is 4.24. The highest BCUT2D eigenvalue weighted by molar-refractivity contribution is 7.89. The van der Waals surface area contributed by atoms with Gasteiger partial charge in [-0.2, -0.15) is 0 Å². The molecule has 0 aliphatic heterocycles. The topological polar surface area (TPSA) is 72.2 Å². The number of sulfonamides is 1. The molecule has 0 heterocycles. The highest BCUT2D eigenvalue weighted by Gasteiger charge is 2.18. The molecular weight excluding hydrogens is 260 g/mol. The van der Waals surface area contributed by atoms with Crippen molar-refractivity contribution in [1.82, 2.24) is 4.72 Å². The Balaban J connectivity index is 3.01. The van der Waals surface area contributed by atoms with E-state index in [4.69, 9.17) is 17.3 Å². The van der Waals surface area contributed by atoms with Gasteiger partial charge in [-0.05, 0) is 31.0 Å². The number of anilines is 1. The number of halogens is 1. The van der Waals surface area contributed by atoms with Gasteiger partial charge in [0.05, 0.1) is 15.6 Å². The lowest BCUT2D eigenvalue weighted by atomic mass is 10.2. The minimum Gasteiger partial charge on any atom is -0.398 e. The molecule has 6 heteroatoms. The first-order chi connectivity index (χ1) is 7.90. The molecule has 0 amide bonds. The zero-order valence-electron chi connectivity index (χ0n) is 9.90. The first-order valence-corrected chi connectivity index (χ1v) is 7.34. The largest absolute Gasteiger partial charge is 0.398 e. The van der Waals surface area contributed by atoms with Gasteiger partial charge in [0.15, 0.2) is 0 Å². The summed E-state index contributed by atoms with van der Waals surface area (Å²) in [6.45, 7) is 3.87. The molecule has 0 aliphatic rings. The van der Waals surface area contributed by atoms with E-state index in [0.717, 1.165) is 12.8 Å². The normalized spacial score (nSPS) is 12.0. The van der Waals surface area contributed by atoms with Crippen LogP contribution in [0.3, 0.4) is 0 Å². The molecule has 1 aromatic carbocycles. The predicted octanol–water partition coefficient (Wildman–Crippen LogP) is 2.39. The molecule has 0 saturated carbocycles. The Kier molecular flexibility index (Phi) is 4.80. The van der Waals surface area contributed by atoms with Crippen LogP contribution >= 0.6 is 11.6 Å². The summed E-state index contributed by atoms with van der Waals surface area (Å²) in [6.07, 6.45) is 1.50. The first-order valence-electron chi connectivity index (χ1n) is 5.48. The molecule has 0 radical (unpaired) electrons. The molecule has 1 aromatic rings. The van der Waals surface area contributed by atoms with E-state index >= 15 is 0 Å². The summed E-state index contributed by atoms with van der Waals surface area (Å²) < 4.78 is 26.7. The van der Waals surface area contributed by atoms with Crippen LogP contribution in [0, 0.1) is 0 Å². The lowest BCUT2D eigenvalue weighted by Crippen LogP contribution is -2.33. The quantitative estimate of drug-likeness (QED) is 0.811. The SMILES string of the molecule is CCC(CC)NS(=O)(=O)c1ccc(N)c(Cl)c1. The number of nitrogens with one attached hydrogen (secondary N) is 1. The van der Waals surface area contributed by atoms with Crippen molar-refractivity contribution in [2.75, 3.05) is 5.73 Å². The van der Waals surface area contributed by atoms with E-state index in [2.05, 4.69) is 4.72 Å². The van der Waals surface area contributed by atoms with Crippen LogP contribution in [0.5, 0.6) is 0 Å². The Morgan fingerprint density at radius 3 is 2.41 bits per heavy atom. The summed E-state index contributed by atoms with van der Waals surface area (Å²) >= 11 is 5.81. The average molecular weight is 277 g/mol. The van der Waals surface area contributed by atoms with Crippen LogP contribution in [0.2, 0.25) is 5.02 Å². The fourth-order valence-corrected chi connectivity index (χ4v) is 3.09. The van der Waals surface area contributed by atoms with Gasteiger partial charge in [0.2, 0.25) is 10.0 Å². The van der Waals surface area contributed by atoms with Gasteiger partial charge in [0.1, 0.15) is 0 Å². The molecule has 1 rings (SSSR count). The molecule has 17 heavy (non-hydrogen) atoms. The smallest absolute Gasteiger partial charge is 0.240 e. The zero-order valence-corrected chi connectivity index (χ0v) is 11.5. The summed E-state index contributed by atoms with van der Waals surface area (Å²) in [4.78, 5) is 0.142. The molecule has 0 atom stereocenters. The third kappa shape index (κ3) is 3.59. The van der Waals surface area contributed by atoms with Crippen molar-refractivity contribution in [3.8, 4) is 0 Å². The molecule has 96 valence electrons. The average Bonchev–Trinajstić information content (AvgIpc) is 2.29. The van der Waals surface area contributed by atoms with Crippen molar-refractivity contribution in [2.24, 2.45) is 0 Å². The highest BCUT2D eigenvalue weighted by Crippen LogP contribution is 2.22. The minimum atomic E-state index is -3.51. The first kappa shape index (κ1) is 14.3. The number of nitrogens with two attached hydrogens (primary N) is 1. The molecule has 0 aliphatic carbocycles. The summed E-state index contributed by atoms with van der Waals surface area (Å²) in [5.74, 6) is 0. The number of nitrogen functional groups attached to an aromatic ring is 1. The van der Waals surface area contributed by atoms with Gasteiger partial charge in [-0.15, -0.1) is 0 Å². The van der Waals surface area contributed by atoms with E-state index in [9.17, 15) is 8.42 Å². The monoisotopic (exact) mass is 276 g/mol. The van der Waals surface area contributed by atoms with Crippen LogP contribution in [0.25, 0.3) is 0 Å². The van der Waals surface area contributed by atoms with Gasteiger partial charge in [0, 0.05) is 6.04 Å². The fraction of sp³-hybridized carbons (Fsp3) is 0.455. The summed E-state index contributed by atoms with van der Waals surface area (Å²) in [7, 11) is -3.51. The van der Waals surface area contributed by atoms with Crippen molar-refractivity contribution in [2.45, 2.75) is 37.6 Å². The Morgan fingerprint density at radius 1 is 1.35 bits per heavy atom.